The fraction of sp³-hybridized carbons (Fsp3) is 0.200. The lowest BCUT2D eigenvalue weighted by atomic mass is 10.2. The summed E-state index contributed by atoms with van der Waals surface area (Å²) in [4.78, 5) is 25.2. The van der Waals surface area contributed by atoms with E-state index in [1.54, 1.807) is 68.7 Å². The molecule has 26 heavy (non-hydrogen) atoms. The van der Waals surface area contributed by atoms with E-state index < -0.39 is 0 Å². The Morgan fingerprint density at radius 2 is 1.58 bits per heavy atom. The summed E-state index contributed by atoms with van der Waals surface area (Å²) >= 11 is 0. The molecule has 0 spiro atoms. The lowest BCUT2D eigenvalue weighted by Crippen LogP contribution is -2.27. The monoisotopic (exact) mass is 354 g/mol. The maximum Gasteiger partial charge on any atom is 0.259 e. The number of anilines is 1. The first-order valence-electron chi connectivity index (χ1n) is 8.07. The number of carbonyl (C=O) groups excluding carboxylic acids is 2. The molecule has 6 heteroatoms. The molecule has 0 bridgehead atoms. The number of rotatable bonds is 8. The van der Waals surface area contributed by atoms with Gasteiger partial charge in [0.05, 0.1) is 0 Å². The van der Waals surface area contributed by atoms with Crippen LogP contribution in [0.2, 0.25) is 0 Å². The molecule has 0 fully saturated rings. The predicted octanol–water partition coefficient (Wildman–Crippen LogP) is 2.97. The van der Waals surface area contributed by atoms with E-state index in [9.17, 15) is 9.59 Å². The van der Waals surface area contributed by atoms with Crippen molar-refractivity contribution in [1.29, 1.82) is 0 Å². The first-order chi connectivity index (χ1) is 12.5. The van der Waals surface area contributed by atoms with Crippen molar-refractivity contribution >= 4 is 17.5 Å². The van der Waals surface area contributed by atoms with Crippen molar-refractivity contribution in [3.63, 3.8) is 0 Å². The van der Waals surface area contributed by atoms with Crippen LogP contribution in [0.3, 0.4) is 0 Å². The van der Waals surface area contributed by atoms with Crippen LogP contribution in [0.5, 0.6) is 11.5 Å². The number of benzene rings is 2. The van der Waals surface area contributed by atoms with Crippen molar-refractivity contribution in [2.24, 2.45) is 0 Å². The molecule has 0 aliphatic carbocycles. The highest BCUT2D eigenvalue weighted by Crippen LogP contribution is 2.18. The number of nitrogens with one attached hydrogen (secondary N) is 1. The summed E-state index contributed by atoms with van der Waals surface area (Å²) in [7, 11) is 3.34. The standard InChI is InChI=1S/C20H22N2O4/c1-4-13-25-17-9-5-15(6-10-17)20(24)21-16-7-11-18(12-8-16)26-14-19(23)22(2)3/h4-12H,1,13-14H2,2-3H3,(H,21,24). The molecule has 0 heterocycles. The first kappa shape index (κ1) is 19.1. The smallest absolute Gasteiger partial charge is 0.259 e. The zero-order chi connectivity index (χ0) is 18.9. The zero-order valence-electron chi connectivity index (χ0n) is 14.9. The highest BCUT2D eigenvalue weighted by atomic mass is 16.5. The second-order valence-electron chi connectivity index (χ2n) is 5.68. The molecule has 0 saturated heterocycles. The van der Waals surface area contributed by atoms with Crippen LogP contribution in [-0.4, -0.2) is 44.0 Å². The largest absolute Gasteiger partial charge is 0.490 e. The van der Waals surface area contributed by atoms with E-state index in [1.165, 1.54) is 4.90 Å². The molecule has 0 aromatic heterocycles. The first-order valence-corrected chi connectivity index (χ1v) is 8.07. The lowest BCUT2D eigenvalue weighted by Gasteiger charge is -2.12. The van der Waals surface area contributed by atoms with Gasteiger partial charge in [-0.2, -0.15) is 0 Å². The minimum absolute atomic E-state index is 0.0288. The number of amides is 2. The molecule has 0 unspecified atom stereocenters. The van der Waals surface area contributed by atoms with Gasteiger partial charge in [-0.1, -0.05) is 12.7 Å². The molecule has 0 saturated carbocycles. The predicted molar refractivity (Wildman–Crippen MR) is 101 cm³/mol. The number of likely N-dealkylation sites (N-methyl/N-ethyl adjacent to an activating group) is 1. The van der Waals surface area contributed by atoms with E-state index in [4.69, 9.17) is 9.47 Å². The molecule has 2 amide bonds. The molecule has 0 aliphatic rings. The number of carbonyl (C=O) groups is 2. The molecule has 6 nitrogen and oxygen atoms in total. The van der Waals surface area contributed by atoms with Crippen LogP contribution in [-0.2, 0) is 4.79 Å². The lowest BCUT2D eigenvalue weighted by molar-refractivity contribution is -0.130. The Labute approximate surface area is 153 Å². The van der Waals surface area contributed by atoms with Gasteiger partial charge in [-0.25, -0.2) is 0 Å². The summed E-state index contributed by atoms with van der Waals surface area (Å²) in [5.74, 6) is 0.886. The van der Waals surface area contributed by atoms with E-state index in [-0.39, 0.29) is 18.4 Å². The van der Waals surface area contributed by atoms with Gasteiger partial charge in [0.15, 0.2) is 6.61 Å². The van der Waals surface area contributed by atoms with Gasteiger partial charge in [0.25, 0.3) is 11.8 Å². The van der Waals surface area contributed by atoms with Crippen molar-refractivity contribution in [2.45, 2.75) is 0 Å². The third kappa shape index (κ3) is 5.66. The van der Waals surface area contributed by atoms with E-state index in [0.29, 0.717) is 29.4 Å². The van der Waals surface area contributed by atoms with Gasteiger partial charge in [-0.3, -0.25) is 9.59 Å². The summed E-state index contributed by atoms with van der Waals surface area (Å²) in [6, 6.07) is 13.7. The average Bonchev–Trinajstić information content (AvgIpc) is 2.65. The van der Waals surface area contributed by atoms with Crippen molar-refractivity contribution in [3.8, 4) is 11.5 Å². The summed E-state index contributed by atoms with van der Waals surface area (Å²) in [6.07, 6.45) is 1.66. The van der Waals surface area contributed by atoms with Gasteiger partial charge in [0, 0.05) is 25.3 Å². The number of nitrogens with zero attached hydrogens (tertiary/aromatic N) is 1. The summed E-state index contributed by atoms with van der Waals surface area (Å²) in [5, 5.41) is 2.80. The van der Waals surface area contributed by atoms with E-state index in [1.807, 2.05) is 0 Å². The van der Waals surface area contributed by atoms with Gasteiger partial charge in [0.1, 0.15) is 18.1 Å². The Morgan fingerprint density at radius 3 is 2.15 bits per heavy atom. The molecular weight excluding hydrogens is 332 g/mol. The Morgan fingerprint density at radius 1 is 1.00 bits per heavy atom. The van der Waals surface area contributed by atoms with Crippen molar-refractivity contribution < 1.29 is 19.1 Å². The van der Waals surface area contributed by atoms with Crippen LogP contribution < -0.4 is 14.8 Å². The number of hydrogen-bond acceptors (Lipinski definition) is 4. The van der Waals surface area contributed by atoms with Gasteiger partial charge in [-0.05, 0) is 48.5 Å². The van der Waals surface area contributed by atoms with Gasteiger partial charge in [0.2, 0.25) is 0 Å². The van der Waals surface area contributed by atoms with Crippen LogP contribution in [0.15, 0.2) is 61.2 Å². The fourth-order valence-electron chi connectivity index (χ4n) is 1.97. The van der Waals surface area contributed by atoms with E-state index in [2.05, 4.69) is 11.9 Å². The second-order valence-corrected chi connectivity index (χ2v) is 5.68. The summed E-state index contributed by atoms with van der Waals surface area (Å²) in [6.45, 7) is 3.97. The molecule has 0 radical (unpaired) electrons. The van der Waals surface area contributed by atoms with Crippen LogP contribution in [0.1, 0.15) is 10.4 Å². The summed E-state index contributed by atoms with van der Waals surface area (Å²) < 4.78 is 10.8. The molecule has 2 aromatic carbocycles. The number of hydrogen-bond donors (Lipinski definition) is 1. The molecule has 1 N–H and O–H groups in total. The third-order valence-corrected chi connectivity index (χ3v) is 3.46. The highest BCUT2D eigenvalue weighted by Gasteiger charge is 2.08. The van der Waals surface area contributed by atoms with E-state index in [0.717, 1.165) is 0 Å². The fourth-order valence-corrected chi connectivity index (χ4v) is 1.97. The van der Waals surface area contributed by atoms with Crippen molar-refractivity contribution in [1.82, 2.24) is 4.90 Å². The normalized spacial score (nSPS) is 9.92. The molecular formula is C20H22N2O4. The maximum absolute atomic E-state index is 12.3. The maximum atomic E-state index is 12.3. The zero-order valence-corrected chi connectivity index (χ0v) is 14.9. The third-order valence-electron chi connectivity index (χ3n) is 3.46. The molecule has 0 aliphatic heterocycles. The van der Waals surface area contributed by atoms with Gasteiger partial charge >= 0.3 is 0 Å². The molecule has 136 valence electrons. The Hall–Kier alpha value is -3.28. The van der Waals surface area contributed by atoms with Crippen molar-refractivity contribution in [3.05, 3.63) is 66.7 Å². The average molecular weight is 354 g/mol. The number of ether oxygens (including phenoxy) is 2. The quantitative estimate of drug-likeness (QED) is 0.740. The van der Waals surface area contributed by atoms with Crippen LogP contribution in [0.4, 0.5) is 5.69 Å². The minimum Gasteiger partial charge on any atom is -0.490 e. The highest BCUT2D eigenvalue weighted by molar-refractivity contribution is 6.04. The van der Waals surface area contributed by atoms with Crippen LogP contribution >= 0.6 is 0 Å². The van der Waals surface area contributed by atoms with E-state index >= 15 is 0 Å². The molecule has 0 atom stereocenters. The Balaban J connectivity index is 1.90. The van der Waals surface area contributed by atoms with Crippen LogP contribution in [0.25, 0.3) is 0 Å². The second kappa shape index (κ2) is 9.27. The van der Waals surface area contributed by atoms with Gasteiger partial charge < -0.3 is 19.7 Å². The van der Waals surface area contributed by atoms with Gasteiger partial charge in [-0.15, -0.1) is 0 Å². The summed E-state index contributed by atoms with van der Waals surface area (Å²) in [5.41, 5.74) is 1.15. The van der Waals surface area contributed by atoms with Crippen molar-refractivity contribution in [2.75, 3.05) is 32.6 Å². The Bertz CT molecular complexity index is 752. The molecule has 2 rings (SSSR count). The van der Waals surface area contributed by atoms with Crippen LogP contribution in [0, 0.1) is 0 Å². The SMILES string of the molecule is C=CCOc1ccc(C(=O)Nc2ccc(OCC(=O)N(C)C)cc2)cc1. The molecule has 2 aromatic rings. The Kier molecular flexibility index (Phi) is 6.79. The minimum atomic E-state index is -0.225. The topological polar surface area (TPSA) is 67.9 Å².